The Morgan fingerprint density at radius 3 is 2.88 bits per heavy atom. The van der Waals surface area contributed by atoms with Crippen LogP contribution in [0.2, 0.25) is 5.02 Å². The fraction of sp³-hybridized carbons (Fsp3) is 0.600. The van der Waals surface area contributed by atoms with E-state index in [9.17, 15) is 0 Å². The highest BCUT2D eigenvalue weighted by atomic mass is 35.5. The van der Waals surface area contributed by atoms with E-state index in [1.165, 1.54) is 18.4 Å². The Morgan fingerprint density at radius 2 is 2.18 bits per heavy atom. The zero-order valence-corrected chi connectivity index (χ0v) is 11.5. The van der Waals surface area contributed by atoms with E-state index in [-0.39, 0.29) is 5.54 Å². The van der Waals surface area contributed by atoms with E-state index in [1.807, 2.05) is 18.2 Å². The first-order valence-corrected chi connectivity index (χ1v) is 6.92. The molecule has 94 valence electrons. The van der Waals surface area contributed by atoms with Gasteiger partial charge in [-0.1, -0.05) is 50.4 Å². The Morgan fingerprint density at radius 1 is 1.41 bits per heavy atom. The molecule has 1 fully saturated rings. The molecule has 17 heavy (non-hydrogen) atoms. The van der Waals surface area contributed by atoms with Crippen LogP contribution >= 0.6 is 11.6 Å². The molecule has 1 aromatic rings. The number of hydrogen-bond acceptors (Lipinski definition) is 1. The van der Waals surface area contributed by atoms with Gasteiger partial charge in [0.25, 0.3) is 0 Å². The Bertz CT molecular complexity index is 390. The van der Waals surface area contributed by atoms with Crippen LogP contribution in [-0.2, 0) is 6.42 Å². The largest absolute Gasteiger partial charge is 0.325 e. The van der Waals surface area contributed by atoms with E-state index in [0.717, 1.165) is 23.8 Å². The molecule has 1 aromatic carbocycles. The normalized spacial score (nSPS) is 33.6. The molecule has 2 N–H and O–H groups in total. The number of nitrogens with two attached hydrogens (primary N) is 1. The monoisotopic (exact) mass is 251 g/mol. The SMILES string of the molecule is CC1CCCC(N)(Cc2cccc(Cl)c2)C1C. The van der Waals surface area contributed by atoms with E-state index in [2.05, 4.69) is 19.9 Å². The van der Waals surface area contributed by atoms with Crippen LogP contribution in [-0.4, -0.2) is 5.54 Å². The summed E-state index contributed by atoms with van der Waals surface area (Å²) in [5.74, 6) is 1.31. The van der Waals surface area contributed by atoms with E-state index in [4.69, 9.17) is 17.3 Å². The van der Waals surface area contributed by atoms with Crippen molar-refractivity contribution in [3.05, 3.63) is 34.9 Å². The number of halogens is 1. The highest BCUT2D eigenvalue weighted by Crippen LogP contribution is 2.38. The quantitative estimate of drug-likeness (QED) is 0.844. The second kappa shape index (κ2) is 4.99. The molecular formula is C15H22ClN. The lowest BCUT2D eigenvalue weighted by Gasteiger charge is -2.43. The Kier molecular flexibility index (Phi) is 3.79. The molecule has 1 aliphatic carbocycles. The van der Waals surface area contributed by atoms with Crippen molar-refractivity contribution in [2.75, 3.05) is 0 Å². The molecular weight excluding hydrogens is 230 g/mol. The van der Waals surface area contributed by atoms with Gasteiger partial charge in [-0.05, 0) is 42.4 Å². The van der Waals surface area contributed by atoms with Gasteiger partial charge in [0.2, 0.25) is 0 Å². The van der Waals surface area contributed by atoms with Crippen LogP contribution in [0.4, 0.5) is 0 Å². The highest BCUT2D eigenvalue weighted by Gasteiger charge is 2.38. The van der Waals surface area contributed by atoms with Crippen molar-refractivity contribution in [2.24, 2.45) is 17.6 Å². The van der Waals surface area contributed by atoms with Gasteiger partial charge in [-0.2, -0.15) is 0 Å². The molecule has 0 radical (unpaired) electrons. The summed E-state index contributed by atoms with van der Waals surface area (Å²) < 4.78 is 0. The first kappa shape index (κ1) is 12.9. The van der Waals surface area contributed by atoms with Gasteiger partial charge in [0.15, 0.2) is 0 Å². The maximum Gasteiger partial charge on any atom is 0.0408 e. The lowest BCUT2D eigenvalue weighted by Crippen LogP contribution is -2.52. The summed E-state index contributed by atoms with van der Waals surface area (Å²) >= 11 is 6.03. The summed E-state index contributed by atoms with van der Waals surface area (Å²) in [5, 5.41) is 0.808. The fourth-order valence-corrected chi connectivity index (χ4v) is 3.29. The fourth-order valence-electron chi connectivity index (χ4n) is 3.07. The molecule has 0 saturated heterocycles. The van der Waals surface area contributed by atoms with Gasteiger partial charge in [0.1, 0.15) is 0 Å². The summed E-state index contributed by atoms with van der Waals surface area (Å²) in [6.07, 6.45) is 4.64. The standard InChI is InChI=1S/C15H22ClN/c1-11-5-4-8-15(17,12(11)2)10-13-6-3-7-14(16)9-13/h3,6-7,9,11-12H,4-5,8,10,17H2,1-2H3. The van der Waals surface area contributed by atoms with Gasteiger partial charge in [0, 0.05) is 10.6 Å². The van der Waals surface area contributed by atoms with Crippen LogP contribution in [0.15, 0.2) is 24.3 Å². The Balaban J connectivity index is 2.16. The van der Waals surface area contributed by atoms with Crippen molar-refractivity contribution in [1.82, 2.24) is 0 Å². The van der Waals surface area contributed by atoms with Gasteiger partial charge >= 0.3 is 0 Å². The molecule has 0 aromatic heterocycles. The molecule has 0 bridgehead atoms. The first-order valence-electron chi connectivity index (χ1n) is 6.54. The summed E-state index contributed by atoms with van der Waals surface area (Å²) in [5.41, 5.74) is 7.84. The van der Waals surface area contributed by atoms with Crippen molar-refractivity contribution in [3.63, 3.8) is 0 Å². The summed E-state index contributed by atoms with van der Waals surface area (Å²) in [7, 11) is 0. The number of benzene rings is 1. The van der Waals surface area contributed by atoms with E-state index < -0.39 is 0 Å². The maximum atomic E-state index is 6.63. The lowest BCUT2D eigenvalue weighted by atomic mass is 9.66. The molecule has 0 heterocycles. The van der Waals surface area contributed by atoms with Crippen LogP contribution in [0.25, 0.3) is 0 Å². The molecule has 0 aliphatic heterocycles. The summed E-state index contributed by atoms with van der Waals surface area (Å²) in [4.78, 5) is 0. The van der Waals surface area contributed by atoms with E-state index in [1.54, 1.807) is 0 Å². The topological polar surface area (TPSA) is 26.0 Å². The van der Waals surface area contributed by atoms with Crippen molar-refractivity contribution in [2.45, 2.75) is 45.1 Å². The predicted octanol–water partition coefficient (Wildman–Crippen LogP) is 4.04. The van der Waals surface area contributed by atoms with Crippen molar-refractivity contribution >= 4 is 11.6 Å². The van der Waals surface area contributed by atoms with Gasteiger partial charge in [-0.15, -0.1) is 0 Å². The minimum absolute atomic E-state index is 0.0532. The zero-order valence-electron chi connectivity index (χ0n) is 10.7. The summed E-state index contributed by atoms with van der Waals surface area (Å²) in [6.45, 7) is 4.62. The second-order valence-corrected chi connectivity index (χ2v) is 6.13. The molecule has 1 saturated carbocycles. The van der Waals surface area contributed by atoms with Gasteiger partial charge in [-0.25, -0.2) is 0 Å². The van der Waals surface area contributed by atoms with Crippen LogP contribution in [0.1, 0.15) is 38.7 Å². The van der Waals surface area contributed by atoms with Gasteiger partial charge < -0.3 is 5.73 Å². The van der Waals surface area contributed by atoms with E-state index in [0.29, 0.717) is 5.92 Å². The smallest absolute Gasteiger partial charge is 0.0408 e. The highest BCUT2D eigenvalue weighted by molar-refractivity contribution is 6.30. The molecule has 3 unspecified atom stereocenters. The predicted molar refractivity (Wildman–Crippen MR) is 74.3 cm³/mol. The Hall–Kier alpha value is -0.530. The average Bonchev–Trinajstić information content (AvgIpc) is 2.26. The second-order valence-electron chi connectivity index (χ2n) is 5.70. The number of hydrogen-bond donors (Lipinski definition) is 1. The van der Waals surface area contributed by atoms with Crippen molar-refractivity contribution in [3.8, 4) is 0 Å². The minimum atomic E-state index is -0.0532. The molecule has 2 rings (SSSR count). The van der Waals surface area contributed by atoms with Crippen LogP contribution in [0, 0.1) is 11.8 Å². The van der Waals surface area contributed by atoms with Crippen LogP contribution in [0.3, 0.4) is 0 Å². The Labute approximate surface area is 109 Å². The molecule has 1 aliphatic rings. The molecule has 0 amide bonds. The first-order chi connectivity index (χ1) is 8.01. The van der Waals surface area contributed by atoms with Crippen molar-refractivity contribution < 1.29 is 0 Å². The van der Waals surface area contributed by atoms with Gasteiger partial charge in [0.05, 0.1) is 0 Å². The molecule has 0 spiro atoms. The third-order valence-electron chi connectivity index (χ3n) is 4.48. The van der Waals surface area contributed by atoms with Crippen molar-refractivity contribution in [1.29, 1.82) is 0 Å². The molecule has 1 nitrogen and oxygen atoms in total. The number of rotatable bonds is 2. The van der Waals surface area contributed by atoms with Crippen LogP contribution < -0.4 is 5.73 Å². The third kappa shape index (κ3) is 2.83. The summed E-state index contributed by atoms with van der Waals surface area (Å²) in [6, 6.07) is 8.10. The molecule has 3 atom stereocenters. The third-order valence-corrected chi connectivity index (χ3v) is 4.72. The maximum absolute atomic E-state index is 6.63. The van der Waals surface area contributed by atoms with Crippen LogP contribution in [0.5, 0.6) is 0 Å². The van der Waals surface area contributed by atoms with E-state index >= 15 is 0 Å². The molecule has 2 heteroatoms. The van der Waals surface area contributed by atoms with Gasteiger partial charge in [-0.3, -0.25) is 0 Å². The minimum Gasteiger partial charge on any atom is -0.325 e. The average molecular weight is 252 g/mol. The lowest BCUT2D eigenvalue weighted by molar-refractivity contribution is 0.143. The zero-order chi connectivity index (χ0) is 12.5.